The molecular formula is C18H19N3O3. The van der Waals surface area contributed by atoms with Crippen LogP contribution in [0.4, 0.5) is 0 Å². The van der Waals surface area contributed by atoms with Crippen molar-refractivity contribution in [1.29, 1.82) is 0 Å². The number of para-hydroxylation sites is 1. The highest BCUT2D eigenvalue weighted by Gasteiger charge is 2.41. The first-order valence-corrected chi connectivity index (χ1v) is 7.63. The summed E-state index contributed by atoms with van der Waals surface area (Å²) in [4.78, 5) is 30.4. The summed E-state index contributed by atoms with van der Waals surface area (Å²) in [6.07, 6.45) is 1.64. The molecule has 2 amide bonds. The number of benzene rings is 1. The molecule has 0 saturated carbocycles. The van der Waals surface area contributed by atoms with Crippen molar-refractivity contribution in [2.75, 3.05) is 6.73 Å². The van der Waals surface area contributed by atoms with Crippen LogP contribution in [-0.2, 0) is 14.3 Å². The van der Waals surface area contributed by atoms with Crippen LogP contribution >= 0.6 is 0 Å². The maximum atomic E-state index is 13.0. The Bertz CT molecular complexity index is 871. The van der Waals surface area contributed by atoms with Gasteiger partial charge in [0.05, 0.1) is 11.1 Å². The van der Waals surface area contributed by atoms with Gasteiger partial charge < -0.3 is 10.5 Å². The second-order valence-electron chi connectivity index (χ2n) is 6.28. The van der Waals surface area contributed by atoms with Gasteiger partial charge in [-0.3, -0.25) is 19.5 Å². The van der Waals surface area contributed by atoms with E-state index in [1.165, 1.54) is 4.90 Å². The maximum Gasteiger partial charge on any atom is 0.261 e. The lowest BCUT2D eigenvalue weighted by atomic mass is 9.97. The molecular weight excluding hydrogens is 306 g/mol. The number of rotatable bonds is 3. The second kappa shape index (κ2) is 5.63. The van der Waals surface area contributed by atoms with Crippen LogP contribution in [0.3, 0.4) is 0 Å². The molecule has 6 heteroatoms. The molecule has 1 aliphatic rings. The standard InChI is InChI=1S/C18H19N3O3/c1-11-15(13-8-12-6-4-5-7-14(12)20-9-13)16(22)21(10-24-11)18(2,3)17(19)23/h4-9H,10H2,1-3H3,(H2,19,23). The summed E-state index contributed by atoms with van der Waals surface area (Å²) in [7, 11) is 0. The lowest BCUT2D eigenvalue weighted by molar-refractivity contribution is -0.148. The van der Waals surface area contributed by atoms with E-state index in [4.69, 9.17) is 10.5 Å². The van der Waals surface area contributed by atoms with Crippen molar-refractivity contribution in [3.63, 3.8) is 0 Å². The van der Waals surface area contributed by atoms with Crippen LogP contribution < -0.4 is 5.73 Å². The number of fused-ring (bicyclic) bond motifs is 1. The summed E-state index contributed by atoms with van der Waals surface area (Å²) in [5.41, 5.74) is 6.19. The van der Waals surface area contributed by atoms with Gasteiger partial charge in [0.25, 0.3) is 5.91 Å². The summed E-state index contributed by atoms with van der Waals surface area (Å²) in [6.45, 7) is 4.93. The topological polar surface area (TPSA) is 85.5 Å². The summed E-state index contributed by atoms with van der Waals surface area (Å²) in [5, 5.41) is 0.925. The molecule has 6 nitrogen and oxygen atoms in total. The highest BCUT2D eigenvalue weighted by molar-refractivity contribution is 6.21. The number of hydrogen-bond acceptors (Lipinski definition) is 4. The van der Waals surface area contributed by atoms with Gasteiger partial charge in [0.1, 0.15) is 11.3 Å². The number of amides is 2. The number of allylic oxidation sites excluding steroid dienone is 1. The van der Waals surface area contributed by atoms with Crippen LogP contribution in [0, 0.1) is 0 Å². The minimum atomic E-state index is -1.15. The van der Waals surface area contributed by atoms with Gasteiger partial charge in [0.15, 0.2) is 6.73 Å². The lowest BCUT2D eigenvalue weighted by Gasteiger charge is -2.39. The molecule has 2 N–H and O–H groups in total. The van der Waals surface area contributed by atoms with Crippen molar-refractivity contribution < 1.29 is 14.3 Å². The molecule has 0 atom stereocenters. The van der Waals surface area contributed by atoms with Gasteiger partial charge in [-0.25, -0.2) is 0 Å². The molecule has 0 radical (unpaired) electrons. The molecule has 2 heterocycles. The Morgan fingerprint density at radius 3 is 2.75 bits per heavy atom. The Labute approximate surface area is 139 Å². The Balaban J connectivity index is 2.07. The van der Waals surface area contributed by atoms with Crippen molar-refractivity contribution in [2.24, 2.45) is 5.73 Å². The van der Waals surface area contributed by atoms with Crippen molar-refractivity contribution in [3.8, 4) is 0 Å². The number of nitrogens with zero attached hydrogens (tertiary/aromatic N) is 2. The molecule has 1 aliphatic heterocycles. The quantitative estimate of drug-likeness (QED) is 0.936. The molecule has 0 spiro atoms. The van der Waals surface area contributed by atoms with E-state index in [2.05, 4.69) is 4.98 Å². The number of nitrogens with two attached hydrogens (primary N) is 1. The van der Waals surface area contributed by atoms with E-state index in [1.54, 1.807) is 27.0 Å². The van der Waals surface area contributed by atoms with Crippen LogP contribution in [-0.4, -0.2) is 34.0 Å². The van der Waals surface area contributed by atoms with Gasteiger partial charge in [-0.1, -0.05) is 18.2 Å². The van der Waals surface area contributed by atoms with E-state index in [9.17, 15) is 9.59 Å². The molecule has 0 saturated heterocycles. The first-order valence-electron chi connectivity index (χ1n) is 7.63. The molecule has 0 bridgehead atoms. The smallest absolute Gasteiger partial charge is 0.261 e. The van der Waals surface area contributed by atoms with Crippen LogP contribution in [0.5, 0.6) is 0 Å². The molecule has 0 unspecified atom stereocenters. The molecule has 24 heavy (non-hydrogen) atoms. The van der Waals surface area contributed by atoms with E-state index in [-0.39, 0.29) is 12.6 Å². The van der Waals surface area contributed by atoms with Gasteiger partial charge in [-0.2, -0.15) is 0 Å². The van der Waals surface area contributed by atoms with Gasteiger partial charge >= 0.3 is 0 Å². The highest BCUT2D eigenvalue weighted by atomic mass is 16.5. The fourth-order valence-corrected chi connectivity index (χ4v) is 2.66. The fourth-order valence-electron chi connectivity index (χ4n) is 2.66. The zero-order chi connectivity index (χ0) is 17.5. The molecule has 1 aromatic carbocycles. The van der Waals surface area contributed by atoms with Crippen molar-refractivity contribution >= 4 is 28.3 Å². The number of aromatic nitrogens is 1. The monoisotopic (exact) mass is 325 g/mol. The normalized spacial score (nSPS) is 15.6. The van der Waals surface area contributed by atoms with Crippen LogP contribution in [0.1, 0.15) is 26.3 Å². The largest absolute Gasteiger partial charge is 0.477 e. The van der Waals surface area contributed by atoms with E-state index in [0.717, 1.165) is 10.9 Å². The summed E-state index contributed by atoms with van der Waals surface area (Å²) in [5.74, 6) is -0.372. The number of pyridine rings is 1. The number of primary amides is 1. The first-order chi connectivity index (χ1) is 11.3. The summed E-state index contributed by atoms with van der Waals surface area (Å²) < 4.78 is 5.63. The molecule has 1 aromatic heterocycles. The zero-order valence-corrected chi connectivity index (χ0v) is 13.9. The second-order valence-corrected chi connectivity index (χ2v) is 6.28. The molecule has 2 aromatic rings. The van der Waals surface area contributed by atoms with Gasteiger partial charge in [-0.15, -0.1) is 0 Å². The van der Waals surface area contributed by atoms with E-state index >= 15 is 0 Å². The molecule has 124 valence electrons. The molecule has 0 fully saturated rings. The van der Waals surface area contributed by atoms with E-state index in [0.29, 0.717) is 16.9 Å². The third kappa shape index (κ3) is 2.50. The predicted octanol–water partition coefficient (Wildman–Crippen LogP) is 2.05. The highest BCUT2D eigenvalue weighted by Crippen LogP contribution is 2.31. The number of ether oxygens (including phenoxy) is 1. The predicted molar refractivity (Wildman–Crippen MR) is 90.4 cm³/mol. The number of carbonyl (C=O) groups excluding carboxylic acids is 2. The third-order valence-electron chi connectivity index (χ3n) is 4.38. The minimum absolute atomic E-state index is 0.00881. The van der Waals surface area contributed by atoms with Crippen molar-refractivity contribution in [1.82, 2.24) is 9.88 Å². The van der Waals surface area contributed by atoms with Crippen LogP contribution in [0.2, 0.25) is 0 Å². The van der Waals surface area contributed by atoms with Crippen LogP contribution in [0.25, 0.3) is 16.5 Å². The van der Waals surface area contributed by atoms with Gasteiger partial charge in [0, 0.05) is 17.1 Å². The van der Waals surface area contributed by atoms with Gasteiger partial charge in [-0.05, 0) is 32.9 Å². The van der Waals surface area contributed by atoms with E-state index in [1.807, 2.05) is 30.3 Å². The van der Waals surface area contributed by atoms with Crippen molar-refractivity contribution in [3.05, 3.63) is 47.9 Å². The van der Waals surface area contributed by atoms with Gasteiger partial charge in [0.2, 0.25) is 5.91 Å². The Hall–Kier alpha value is -2.89. The fraction of sp³-hybridized carbons (Fsp3) is 0.278. The average Bonchev–Trinajstić information content (AvgIpc) is 2.54. The van der Waals surface area contributed by atoms with Crippen LogP contribution in [0.15, 0.2) is 42.3 Å². The summed E-state index contributed by atoms with van der Waals surface area (Å²) in [6, 6.07) is 9.55. The SMILES string of the molecule is CC1=C(c2cnc3ccccc3c2)C(=O)N(C(C)(C)C(N)=O)CO1. The maximum absolute atomic E-state index is 13.0. The lowest BCUT2D eigenvalue weighted by Crippen LogP contribution is -2.57. The molecule has 3 rings (SSSR count). The first kappa shape index (κ1) is 16.0. The Morgan fingerprint density at radius 1 is 1.33 bits per heavy atom. The zero-order valence-electron chi connectivity index (χ0n) is 13.9. The Kier molecular flexibility index (Phi) is 3.75. The summed E-state index contributed by atoms with van der Waals surface area (Å²) >= 11 is 0. The molecule has 0 aliphatic carbocycles. The number of hydrogen-bond donors (Lipinski definition) is 1. The minimum Gasteiger partial charge on any atom is -0.477 e. The van der Waals surface area contributed by atoms with E-state index < -0.39 is 11.4 Å². The third-order valence-corrected chi connectivity index (χ3v) is 4.38. The van der Waals surface area contributed by atoms with Crippen molar-refractivity contribution in [2.45, 2.75) is 26.3 Å². The average molecular weight is 325 g/mol. The number of carbonyl (C=O) groups is 2. The Morgan fingerprint density at radius 2 is 2.04 bits per heavy atom.